The Hall–Kier alpha value is -1.81. The monoisotopic (exact) mass is 328 g/mol. The van der Waals surface area contributed by atoms with Crippen molar-refractivity contribution in [3.63, 3.8) is 0 Å². The maximum Gasteiger partial charge on any atom is 0.323 e. The lowest BCUT2D eigenvalue weighted by molar-refractivity contribution is -0.137. The highest BCUT2D eigenvalue weighted by molar-refractivity contribution is 5.84. The maximum atomic E-state index is 11.1. The van der Waals surface area contributed by atoms with Gasteiger partial charge in [-0.3, -0.25) is 4.79 Å². The number of para-hydroxylation sites is 1. The predicted molar refractivity (Wildman–Crippen MR) is 97.1 cm³/mol. The van der Waals surface area contributed by atoms with Crippen LogP contribution < -0.4 is 5.32 Å². The Morgan fingerprint density at radius 1 is 1.29 bits per heavy atom. The molecular weight excluding hydrogens is 300 g/mol. The molecule has 1 fully saturated rings. The molecule has 0 radical (unpaired) electrons. The van der Waals surface area contributed by atoms with Gasteiger partial charge in [0.15, 0.2) is 0 Å². The largest absolute Gasteiger partial charge is 0.480 e. The molecule has 2 N–H and O–H groups in total. The second kappa shape index (κ2) is 7.84. The summed E-state index contributed by atoms with van der Waals surface area (Å²) < 4.78 is 1.83. The van der Waals surface area contributed by atoms with Crippen molar-refractivity contribution in [3.05, 3.63) is 36.0 Å². The Balaban J connectivity index is 1.65. The Bertz CT molecular complexity index is 686. The van der Waals surface area contributed by atoms with Gasteiger partial charge in [0.25, 0.3) is 0 Å². The first-order valence-electron chi connectivity index (χ1n) is 9.15. The van der Waals surface area contributed by atoms with Crippen LogP contribution in [-0.2, 0) is 17.9 Å². The number of carbonyl (C=O) groups is 1. The molecule has 1 aliphatic carbocycles. The fourth-order valence-corrected chi connectivity index (χ4v) is 4.05. The van der Waals surface area contributed by atoms with Crippen LogP contribution in [0.2, 0.25) is 0 Å². The van der Waals surface area contributed by atoms with Crippen LogP contribution in [-0.4, -0.2) is 21.7 Å². The predicted octanol–water partition coefficient (Wildman–Crippen LogP) is 4.17. The van der Waals surface area contributed by atoms with Gasteiger partial charge in [0, 0.05) is 18.8 Å². The lowest BCUT2D eigenvalue weighted by atomic mass is 9.85. The van der Waals surface area contributed by atoms with Crippen LogP contribution >= 0.6 is 0 Å². The maximum absolute atomic E-state index is 11.1. The fraction of sp³-hybridized carbons (Fsp3) is 0.550. The molecule has 1 atom stereocenters. The second-order valence-corrected chi connectivity index (χ2v) is 7.21. The van der Waals surface area contributed by atoms with Crippen molar-refractivity contribution in [2.24, 2.45) is 5.92 Å². The summed E-state index contributed by atoms with van der Waals surface area (Å²) in [7, 11) is 0. The minimum Gasteiger partial charge on any atom is -0.480 e. The summed E-state index contributed by atoms with van der Waals surface area (Å²) in [6.45, 7) is 3.07. The van der Waals surface area contributed by atoms with E-state index in [1.54, 1.807) is 0 Å². The van der Waals surface area contributed by atoms with Crippen LogP contribution in [0.5, 0.6) is 0 Å². The second-order valence-electron chi connectivity index (χ2n) is 7.21. The van der Waals surface area contributed by atoms with Gasteiger partial charge in [0.2, 0.25) is 0 Å². The van der Waals surface area contributed by atoms with E-state index in [4.69, 9.17) is 5.11 Å². The van der Waals surface area contributed by atoms with Crippen LogP contribution in [0.1, 0.15) is 51.0 Å². The number of aliphatic carboxylic acids is 1. The molecule has 1 aliphatic rings. The molecule has 0 aliphatic heterocycles. The normalized spacial score (nSPS) is 17.2. The van der Waals surface area contributed by atoms with Crippen molar-refractivity contribution in [2.75, 3.05) is 0 Å². The van der Waals surface area contributed by atoms with Gasteiger partial charge < -0.3 is 15.0 Å². The number of aromatic nitrogens is 1. The van der Waals surface area contributed by atoms with Gasteiger partial charge in [-0.15, -0.1) is 0 Å². The van der Waals surface area contributed by atoms with Crippen molar-refractivity contribution in [1.82, 2.24) is 9.88 Å². The molecule has 0 spiro atoms. The van der Waals surface area contributed by atoms with Crippen molar-refractivity contribution in [2.45, 2.75) is 64.6 Å². The minimum absolute atomic E-state index is 0.0120. The first-order chi connectivity index (χ1) is 11.6. The molecule has 0 amide bonds. The summed E-state index contributed by atoms with van der Waals surface area (Å²) in [5, 5.41) is 13.9. The molecule has 1 aromatic heterocycles. The van der Waals surface area contributed by atoms with Crippen molar-refractivity contribution < 1.29 is 9.90 Å². The minimum atomic E-state index is -0.805. The first kappa shape index (κ1) is 17.0. The Labute approximate surface area is 143 Å². The van der Waals surface area contributed by atoms with E-state index in [1.165, 1.54) is 44.1 Å². The van der Waals surface area contributed by atoms with Gasteiger partial charge in [-0.1, -0.05) is 50.3 Å². The Morgan fingerprint density at radius 3 is 2.83 bits per heavy atom. The summed E-state index contributed by atoms with van der Waals surface area (Å²) in [6.07, 6.45) is 10.0. The molecule has 24 heavy (non-hydrogen) atoms. The van der Waals surface area contributed by atoms with Gasteiger partial charge in [0.05, 0.1) is 5.52 Å². The summed E-state index contributed by atoms with van der Waals surface area (Å²) in [5.74, 6) is 0.0637. The van der Waals surface area contributed by atoms with Gasteiger partial charge in [-0.05, 0) is 36.3 Å². The zero-order valence-corrected chi connectivity index (χ0v) is 14.5. The Kier molecular flexibility index (Phi) is 5.56. The van der Waals surface area contributed by atoms with Crippen LogP contribution in [0.4, 0.5) is 0 Å². The topological polar surface area (TPSA) is 54.3 Å². The number of hydrogen-bond acceptors (Lipinski definition) is 2. The first-order valence-corrected chi connectivity index (χ1v) is 9.15. The van der Waals surface area contributed by atoms with E-state index >= 15 is 0 Å². The van der Waals surface area contributed by atoms with E-state index in [9.17, 15) is 4.79 Å². The molecule has 1 unspecified atom stereocenters. The number of hydrogen-bond donors (Lipinski definition) is 2. The summed E-state index contributed by atoms with van der Waals surface area (Å²) >= 11 is 0. The summed E-state index contributed by atoms with van der Waals surface area (Å²) in [4.78, 5) is 11.1. The van der Waals surface area contributed by atoms with Crippen molar-refractivity contribution >= 4 is 16.9 Å². The number of nitrogens with zero attached hydrogens (tertiary/aromatic N) is 1. The third kappa shape index (κ3) is 4.18. The average Bonchev–Trinajstić information content (AvgIpc) is 2.97. The lowest BCUT2D eigenvalue weighted by Crippen LogP contribution is -2.28. The van der Waals surface area contributed by atoms with Crippen LogP contribution in [0.3, 0.4) is 0 Å². The quantitative estimate of drug-likeness (QED) is 0.802. The highest BCUT2D eigenvalue weighted by atomic mass is 16.4. The molecule has 0 saturated heterocycles. The fourth-order valence-electron chi connectivity index (χ4n) is 4.05. The number of carboxylic acids is 1. The van der Waals surface area contributed by atoms with E-state index in [-0.39, 0.29) is 6.54 Å². The third-order valence-corrected chi connectivity index (χ3v) is 5.23. The number of carboxylic acid groups (broad SMARTS) is 1. The molecule has 1 saturated carbocycles. The molecular formula is C20H28N2O2. The highest BCUT2D eigenvalue weighted by Gasteiger charge is 2.16. The number of fused-ring (bicyclic) bond motifs is 1. The molecule has 2 aromatic rings. The van der Waals surface area contributed by atoms with Crippen molar-refractivity contribution in [3.8, 4) is 0 Å². The molecule has 4 heteroatoms. The average molecular weight is 328 g/mol. The van der Waals surface area contributed by atoms with Crippen molar-refractivity contribution in [1.29, 1.82) is 0 Å². The lowest BCUT2D eigenvalue weighted by Gasteiger charge is -2.25. The van der Waals surface area contributed by atoms with E-state index in [0.29, 0.717) is 6.04 Å². The number of rotatable bonds is 7. The van der Waals surface area contributed by atoms with Gasteiger partial charge in [-0.2, -0.15) is 0 Å². The number of benzene rings is 1. The van der Waals surface area contributed by atoms with Crippen LogP contribution in [0.25, 0.3) is 10.9 Å². The molecule has 4 nitrogen and oxygen atoms in total. The van der Waals surface area contributed by atoms with E-state index < -0.39 is 5.97 Å². The molecule has 130 valence electrons. The molecule has 3 rings (SSSR count). The molecule has 0 bridgehead atoms. The van der Waals surface area contributed by atoms with E-state index in [2.05, 4.69) is 24.4 Å². The summed E-state index contributed by atoms with van der Waals surface area (Å²) in [5.41, 5.74) is 2.21. The van der Waals surface area contributed by atoms with Crippen LogP contribution in [0.15, 0.2) is 30.5 Å². The third-order valence-electron chi connectivity index (χ3n) is 5.23. The van der Waals surface area contributed by atoms with E-state index in [1.807, 2.05) is 22.9 Å². The van der Waals surface area contributed by atoms with Gasteiger partial charge >= 0.3 is 5.97 Å². The Morgan fingerprint density at radius 2 is 2.08 bits per heavy atom. The zero-order valence-electron chi connectivity index (χ0n) is 14.5. The summed E-state index contributed by atoms with van der Waals surface area (Å²) in [6, 6.07) is 8.68. The van der Waals surface area contributed by atoms with Gasteiger partial charge in [0.1, 0.15) is 6.54 Å². The van der Waals surface area contributed by atoms with E-state index in [0.717, 1.165) is 23.4 Å². The zero-order chi connectivity index (χ0) is 16.9. The smallest absolute Gasteiger partial charge is 0.323 e. The highest BCUT2D eigenvalue weighted by Crippen LogP contribution is 2.27. The van der Waals surface area contributed by atoms with Crippen LogP contribution in [0, 0.1) is 5.92 Å². The van der Waals surface area contributed by atoms with Gasteiger partial charge in [-0.25, -0.2) is 0 Å². The number of nitrogens with one attached hydrogen (secondary N) is 1. The SMILES string of the molecule is CC(CC1CCCCC1)NCc1cccc2ccn(CC(=O)O)c12. The molecule has 1 aromatic carbocycles. The molecule has 1 heterocycles. The standard InChI is InChI=1S/C20H28N2O2/c1-15(12-16-6-3-2-4-7-16)21-13-18-9-5-8-17-10-11-22(20(17)18)14-19(23)24/h5,8-11,15-16,21H,2-4,6-7,12-14H2,1H3,(H,23,24).